The highest BCUT2D eigenvalue weighted by molar-refractivity contribution is 5.96. The summed E-state index contributed by atoms with van der Waals surface area (Å²) in [6, 6.07) is 16.6. The molecule has 1 fully saturated rings. The van der Waals surface area contributed by atoms with E-state index < -0.39 is 29.7 Å². The lowest BCUT2D eigenvalue weighted by molar-refractivity contribution is -0.121. The smallest absolute Gasteiger partial charge is 0.335 e. The molecule has 0 aliphatic heterocycles. The van der Waals surface area contributed by atoms with Crippen molar-refractivity contribution in [3.05, 3.63) is 95.3 Å². The van der Waals surface area contributed by atoms with E-state index in [9.17, 15) is 23.5 Å². The van der Waals surface area contributed by atoms with Gasteiger partial charge in [0.15, 0.2) is 11.6 Å². The standard InChI is InChI=1S/C30H29F2N3O4/c1-39-27(19-10-6-3-7-11-19)28-34-24-16-22(31)23(32)17-25(24)35(28)26(18-8-4-2-5-9-18)29(36)33-21-14-12-20(13-15-21)30(37)38/h3,6-7,10-18,26-27H,2,4-5,8-9H2,1H3,(H,33,36)(H,37,38)/t26-,27+/m0/s1. The predicted octanol–water partition coefficient (Wildman–Crippen LogP) is 6.51. The summed E-state index contributed by atoms with van der Waals surface area (Å²) < 4.78 is 36.5. The van der Waals surface area contributed by atoms with E-state index in [0.29, 0.717) is 17.0 Å². The molecule has 2 N–H and O–H groups in total. The number of methoxy groups -OCH3 is 1. The Balaban J connectivity index is 1.66. The maximum absolute atomic E-state index is 14.6. The van der Waals surface area contributed by atoms with Gasteiger partial charge in [0.1, 0.15) is 18.0 Å². The van der Waals surface area contributed by atoms with Gasteiger partial charge >= 0.3 is 5.97 Å². The van der Waals surface area contributed by atoms with Crippen LogP contribution in [0.1, 0.15) is 66.0 Å². The van der Waals surface area contributed by atoms with Gasteiger partial charge in [-0.3, -0.25) is 4.79 Å². The molecule has 2 atom stereocenters. The number of benzene rings is 3. The SMILES string of the molecule is CO[C@H](c1ccccc1)c1nc2cc(F)c(F)cc2n1[C@H](C(=O)Nc1ccc(C(=O)O)cc1)C1CCCCC1. The van der Waals surface area contributed by atoms with Crippen LogP contribution < -0.4 is 5.32 Å². The van der Waals surface area contributed by atoms with Crippen LogP contribution in [0.3, 0.4) is 0 Å². The summed E-state index contributed by atoms with van der Waals surface area (Å²) in [6.45, 7) is 0. The lowest BCUT2D eigenvalue weighted by Gasteiger charge is -2.33. The van der Waals surface area contributed by atoms with Gasteiger partial charge in [0.05, 0.1) is 16.6 Å². The van der Waals surface area contributed by atoms with Crippen molar-refractivity contribution in [2.24, 2.45) is 5.92 Å². The number of ether oxygens (including phenoxy) is 1. The molecule has 5 rings (SSSR count). The molecule has 0 spiro atoms. The second-order valence-electron chi connectivity index (χ2n) is 9.84. The third-order valence-electron chi connectivity index (χ3n) is 7.37. The molecule has 1 aliphatic carbocycles. The summed E-state index contributed by atoms with van der Waals surface area (Å²) in [7, 11) is 1.53. The second kappa shape index (κ2) is 11.3. The molecule has 202 valence electrons. The van der Waals surface area contributed by atoms with Crippen molar-refractivity contribution >= 4 is 28.6 Å². The lowest BCUT2D eigenvalue weighted by Crippen LogP contribution is -2.35. The van der Waals surface area contributed by atoms with Crippen molar-refractivity contribution in [1.29, 1.82) is 0 Å². The highest BCUT2D eigenvalue weighted by Crippen LogP contribution is 2.39. The van der Waals surface area contributed by atoms with Crippen molar-refractivity contribution in [3.63, 3.8) is 0 Å². The fourth-order valence-corrected chi connectivity index (χ4v) is 5.51. The number of aromatic nitrogens is 2. The van der Waals surface area contributed by atoms with E-state index in [1.54, 1.807) is 4.57 Å². The predicted molar refractivity (Wildman–Crippen MR) is 143 cm³/mol. The molecule has 0 unspecified atom stereocenters. The first-order valence-electron chi connectivity index (χ1n) is 13.0. The average molecular weight is 534 g/mol. The molecule has 1 amide bonds. The maximum atomic E-state index is 14.6. The first kappa shape index (κ1) is 26.5. The molecule has 1 saturated carbocycles. The van der Waals surface area contributed by atoms with Crippen molar-refractivity contribution in [2.45, 2.75) is 44.2 Å². The second-order valence-corrected chi connectivity index (χ2v) is 9.84. The summed E-state index contributed by atoms with van der Waals surface area (Å²) in [5.41, 5.74) is 1.84. The maximum Gasteiger partial charge on any atom is 0.335 e. The fraction of sp³-hybridized carbons (Fsp3) is 0.300. The van der Waals surface area contributed by atoms with Crippen molar-refractivity contribution in [2.75, 3.05) is 12.4 Å². The zero-order valence-electron chi connectivity index (χ0n) is 21.4. The highest BCUT2D eigenvalue weighted by atomic mass is 19.2. The molecule has 0 radical (unpaired) electrons. The highest BCUT2D eigenvalue weighted by Gasteiger charge is 2.36. The van der Waals surface area contributed by atoms with Gasteiger partial charge < -0.3 is 19.7 Å². The summed E-state index contributed by atoms with van der Waals surface area (Å²) in [5.74, 6) is -3.19. The van der Waals surface area contributed by atoms with Crippen LogP contribution in [0.5, 0.6) is 0 Å². The Hall–Kier alpha value is -4.11. The quantitative estimate of drug-likeness (QED) is 0.269. The number of hydrogen-bond acceptors (Lipinski definition) is 4. The van der Waals surface area contributed by atoms with E-state index >= 15 is 0 Å². The number of carbonyl (C=O) groups is 2. The summed E-state index contributed by atoms with van der Waals surface area (Å²) in [5, 5.41) is 12.1. The Morgan fingerprint density at radius 1 is 1.00 bits per heavy atom. The number of hydrogen-bond donors (Lipinski definition) is 2. The number of amides is 1. The van der Waals surface area contributed by atoms with Crippen LogP contribution in [0.2, 0.25) is 0 Å². The number of fused-ring (bicyclic) bond motifs is 1. The molecule has 4 aromatic rings. The molecule has 1 heterocycles. The van der Waals surface area contributed by atoms with Gasteiger partial charge in [-0.05, 0) is 48.6 Å². The molecule has 1 aromatic heterocycles. The number of halogens is 2. The van der Waals surface area contributed by atoms with E-state index in [4.69, 9.17) is 4.74 Å². The number of carbonyl (C=O) groups excluding carboxylic acids is 1. The van der Waals surface area contributed by atoms with E-state index in [0.717, 1.165) is 49.8 Å². The largest absolute Gasteiger partial charge is 0.478 e. The van der Waals surface area contributed by atoms with Gasteiger partial charge in [0, 0.05) is 24.9 Å². The number of imidazole rings is 1. The summed E-state index contributed by atoms with van der Waals surface area (Å²) in [4.78, 5) is 30.0. The summed E-state index contributed by atoms with van der Waals surface area (Å²) in [6.07, 6.45) is 3.81. The van der Waals surface area contributed by atoms with Crippen molar-refractivity contribution in [1.82, 2.24) is 9.55 Å². The van der Waals surface area contributed by atoms with Crippen LogP contribution in [0.15, 0.2) is 66.7 Å². The molecule has 9 heteroatoms. The number of rotatable bonds is 8. The summed E-state index contributed by atoms with van der Waals surface area (Å²) >= 11 is 0. The molecule has 1 aliphatic rings. The lowest BCUT2D eigenvalue weighted by atomic mass is 9.83. The van der Waals surface area contributed by atoms with Crippen LogP contribution in [-0.2, 0) is 9.53 Å². The van der Waals surface area contributed by atoms with Crippen LogP contribution in [0.25, 0.3) is 11.0 Å². The van der Waals surface area contributed by atoms with Crippen LogP contribution in [0, 0.1) is 17.6 Å². The van der Waals surface area contributed by atoms with Gasteiger partial charge in [0.2, 0.25) is 5.91 Å². The monoisotopic (exact) mass is 533 g/mol. The molecule has 7 nitrogen and oxygen atoms in total. The van der Waals surface area contributed by atoms with Crippen LogP contribution in [0.4, 0.5) is 14.5 Å². The number of carboxylic acid groups (broad SMARTS) is 1. The molecule has 3 aromatic carbocycles. The van der Waals surface area contributed by atoms with E-state index in [-0.39, 0.29) is 22.9 Å². The van der Waals surface area contributed by atoms with Gasteiger partial charge in [-0.15, -0.1) is 0 Å². The molecule has 39 heavy (non-hydrogen) atoms. The van der Waals surface area contributed by atoms with Gasteiger partial charge in [-0.25, -0.2) is 18.6 Å². The van der Waals surface area contributed by atoms with Gasteiger partial charge in [0.25, 0.3) is 0 Å². The molecular weight excluding hydrogens is 504 g/mol. The Morgan fingerprint density at radius 3 is 2.31 bits per heavy atom. The number of nitrogens with one attached hydrogen (secondary N) is 1. The first-order valence-corrected chi connectivity index (χ1v) is 13.0. The first-order chi connectivity index (χ1) is 18.9. The normalized spacial score (nSPS) is 15.7. The minimum Gasteiger partial charge on any atom is -0.478 e. The Labute approximate surface area is 224 Å². The van der Waals surface area contributed by atoms with E-state index in [1.165, 1.54) is 31.4 Å². The minimum absolute atomic E-state index is 0.0883. The minimum atomic E-state index is -1.07. The Bertz CT molecular complexity index is 1480. The van der Waals surface area contributed by atoms with Gasteiger partial charge in [-0.2, -0.15) is 0 Å². The molecule has 0 bridgehead atoms. The Morgan fingerprint density at radius 2 is 1.67 bits per heavy atom. The van der Waals surface area contributed by atoms with E-state index in [1.807, 2.05) is 30.3 Å². The average Bonchev–Trinajstić information content (AvgIpc) is 3.28. The van der Waals surface area contributed by atoms with E-state index in [2.05, 4.69) is 10.3 Å². The Kier molecular flexibility index (Phi) is 7.70. The number of anilines is 1. The number of carboxylic acids is 1. The third-order valence-corrected chi connectivity index (χ3v) is 7.37. The zero-order chi connectivity index (χ0) is 27.5. The molecular formula is C30H29F2N3O4. The van der Waals surface area contributed by atoms with Crippen molar-refractivity contribution in [3.8, 4) is 0 Å². The fourth-order valence-electron chi connectivity index (χ4n) is 5.51. The van der Waals surface area contributed by atoms with Gasteiger partial charge in [-0.1, -0.05) is 49.6 Å². The topological polar surface area (TPSA) is 93.5 Å². The zero-order valence-corrected chi connectivity index (χ0v) is 21.4. The third kappa shape index (κ3) is 5.40. The number of aromatic carboxylic acids is 1. The number of nitrogens with zero attached hydrogens (tertiary/aromatic N) is 2. The molecule has 0 saturated heterocycles. The van der Waals surface area contributed by atoms with Crippen LogP contribution in [-0.4, -0.2) is 33.6 Å². The van der Waals surface area contributed by atoms with Crippen molar-refractivity contribution < 1.29 is 28.2 Å². The van der Waals surface area contributed by atoms with Crippen LogP contribution >= 0.6 is 0 Å².